The van der Waals surface area contributed by atoms with Crippen molar-refractivity contribution < 1.29 is 18.0 Å². The van der Waals surface area contributed by atoms with Crippen molar-refractivity contribution in [2.24, 2.45) is 0 Å². The van der Waals surface area contributed by atoms with Gasteiger partial charge in [0, 0.05) is 12.2 Å². The zero-order valence-electron chi connectivity index (χ0n) is 12.9. The summed E-state index contributed by atoms with van der Waals surface area (Å²) in [6, 6.07) is 11.1. The van der Waals surface area contributed by atoms with Crippen LogP contribution in [-0.2, 0) is 17.5 Å². The van der Waals surface area contributed by atoms with Gasteiger partial charge in [-0.3, -0.25) is 4.79 Å². The molecule has 2 rings (SSSR count). The molecule has 2 N–H and O–H groups in total. The molecule has 0 saturated heterocycles. The minimum atomic E-state index is -4.54. The van der Waals surface area contributed by atoms with E-state index in [9.17, 15) is 18.0 Å². The zero-order valence-corrected chi connectivity index (χ0v) is 13.6. The second-order valence-electron chi connectivity index (χ2n) is 5.31. The molecule has 0 aromatic heterocycles. The summed E-state index contributed by atoms with van der Waals surface area (Å²) in [5.74, 6) is -0.320. The predicted octanol–water partition coefficient (Wildman–Crippen LogP) is 4.40. The average Bonchev–Trinajstić information content (AvgIpc) is 2.52. The van der Waals surface area contributed by atoms with Crippen molar-refractivity contribution in [3.63, 3.8) is 0 Å². The maximum atomic E-state index is 12.8. The molecular weight excluding hydrogens is 341 g/mol. The topological polar surface area (TPSA) is 41.1 Å². The van der Waals surface area contributed by atoms with Gasteiger partial charge in [-0.1, -0.05) is 41.4 Å². The van der Waals surface area contributed by atoms with Crippen molar-refractivity contribution in [2.45, 2.75) is 19.6 Å². The van der Waals surface area contributed by atoms with Gasteiger partial charge in [-0.2, -0.15) is 13.2 Å². The lowest BCUT2D eigenvalue weighted by Gasteiger charge is -2.12. The molecule has 0 bridgehead atoms. The summed E-state index contributed by atoms with van der Waals surface area (Å²) < 4.78 is 38.3. The number of anilines is 1. The first-order valence-corrected chi connectivity index (χ1v) is 7.56. The molecule has 2 aromatic carbocycles. The van der Waals surface area contributed by atoms with Crippen molar-refractivity contribution in [3.8, 4) is 0 Å². The van der Waals surface area contributed by atoms with Crippen LogP contribution in [0.3, 0.4) is 0 Å². The minimum Gasteiger partial charge on any atom is -0.376 e. The quantitative estimate of drug-likeness (QED) is 0.834. The van der Waals surface area contributed by atoms with Gasteiger partial charge in [0.25, 0.3) is 0 Å². The number of carbonyl (C=O) groups excluding carboxylic acids is 1. The fourth-order valence-electron chi connectivity index (χ4n) is 2.00. The van der Waals surface area contributed by atoms with E-state index in [4.69, 9.17) is 11.6 Å². The van der Waals surface area contributed by atoms with E-state index in [0.29, 0.717) is 6.54 Å². The first-order chi connectivity index (χ1) is 11.3. The number of nitrogens with one attached hydrogen (secondary N) is 2. The van der Waals surface area contributed by atoms with E-state index in [2.05, 4.69) is 10.6 Å². The fourth-order valence-corrected chi connectivity index (χ4v) is 2.23. The van der Waals surface area contributed by atoms with Gasteiger partial charge in [0.15, 0.2) is 0 Å². The van der Waals surface area contributed by atoms with Crippen LogP contribution in [0.1, 0.15) is 16.7 Å². The van der Waals surface area contributed by atoms with Crippen molar-refractivity contribution in [2.75, 3.05) is 11.9 Å². The van der Waals surface area contributed by atoms with Gasteiger partial charge in [-0.05, 0) is 30.7 Å². The van der Waals surface area contributed by atoms with Crippen LogP contribution in [0.2, 0.25) is 5.02 Å². The molecule has 7 heteroatoms. The van der Waals surface area contributed by atoms with Crippen LogP contribution in [0, 0.1) is 6.92 Å². The summed E-state index contributed by atoms with van der Waals surface area (Å²) in [7, 11) is 0. The Kier molecular flexibility index (Phi) is 5.72. The molecule has 0 aliphatic heterocycles. The number of rotatable bonds is 5. The van der Waals surface area contributed by atoms with E-state index < -0.39 is 11.7 Å². The van der Waals surface area contributed by atoms with Crippen molar-refractivity contribution in [1.29, 1.82) is 0 Å². The Morgan fingerprint density at radius 2 is 1.79 bits per heavy atom. The molecule has 0 atom stereocenters. The fraction of sp³-hybridized carbons (Fsp3) is 0.235. The van der Waals surface area contributed by atoms with E-state index in [-0.39, 0.29) is 23.2 Å². The predicted molar refractivity (Wildman–Crippen MR) is 88.0 cm³/mol. The molecule has 0 aliphatic rings. The molecule has 0 heterocycles. The van der Waals surface area contributed by atoms with Crippen LogP contribution in [0.4, 0.5) is 18.9 Å². The molecule has 0 aliphatic carbocycles. The van der Waals surface area contributed by atoms with Gasteiger partial charge in [0.1, 0.15) is 0 Å². The second kappa shape index (κ2) is 7.57. The highest BCUT2D eigenvalue weighted by Gasteiger charge is 2.33. The van der Waals surface area contributed by atoms with E-state index in [0.717, 1.165) is 23.3 Å². The van der Waals surface area contributed by atoms with Crippen LogP contribution < -0.4 is 10.6 Å². The lowest BCUT2D eigenvalue weighted by Crippen LogP contribution is -2.29. The Bertz CT molecular complexity index is 715. The summed E-state index contributed by atoms with van der Waals surface area (Å²) >= 11 is 5.55. The van der Waals surface area contributed by atoms with Crippen LogP contribution in [0.25, 0.3) is 0 Å². The number of hydrogen-bond donors (Lipinski definition) is 2. The Balaban J connectivity index is 1.88. The lowest BCUT2D eigenvalue weighted by molar-refractivity contribution is -0.137. The standard InChI is InChI=1S/C17H16ClF3N2O/c1-11-2-4-12(5-3-11)9-23-16(24)10-22-13-6-7-15(18)14(8-13)17(19,20)21/h2-8,22H,9-10H2,1H3,(H,23,24). The zero-order chi connectivity index (χ0) is 17.7. The lowest BCUT2D eigenvalue weighted by atomic mass is 10.1. The summed E-state index contributed by atoms with van der Waals surface area (Å²) in [6.07, 6.45) is -4.54. The summed E-state index contributed by atoms with van der Waals surface area (Å²) in [5.41, 5.74) is 1.31. The van der Waals surface area contributed by atoms with E-state index in [1.807, 2.05) is 31.2 Å². The molecule has 1 amide bonds. The summed E-state index contributed by atoms with van der Waals surface area (Å²) in [6.45, 7) is 2.19. The first-order valence-electron chi connectivity index (χ1n) is 7.18. The van der Waals surface area contributed by atoms with Gasteiger partial charge in [0.2, 0.25) is 5.91 Å². The number of benzene rings is 2. The van der Waals surface area contributed by atoms with Gasteiger partial charge in [-0.25, -0.2) is 0 Å². The van der Waals surface area contributed by atoms with Crippen molar-refractivity contribution >= 4 is 23.2 Å². The Morgan fingerprint density at radius 1 is 1.12 bits per heavy atom. The Hall–Kier alpha value is -2.21. The maximum Gasteiger partial charge on any atom is 0.417 e. The third-order valence-electron chi connectivity index (χ3n) is 3.34. The van der Waals surface area contributed by atoms with Gasteiger partial charge < -0.3 is 10.6 Å². The third-order valence-corrected chi connectivity index (χ3v) is 3.66. The smallest absolute Gasteiger partial charge is 0.376 e. The molecule has 0 spiro atoms. The normalized spacial score (nSPS) is 11.2. The van der Waals surface area contributed by atoms with Crippen LogP contribution in [-0.4, -0.2) is 12.5 Å². The van der Waals surface area contributed by atoms with Gasteiger partial charge in [-0.15, -0.1) is 0 Å². The highest BCUT2D eigenvalue weighted by Crippen LogP contribution is 2.36. The van der Waals surface area contributed by atoms with Crippen molar-refractivity contribution in [3.05, 3.63) is 64.2 Å². The number of aryl methyl sites for hydroxylation is 1. The molecule has 0 fully saturated rings. The molecular formula is C17H16ClF3N2O. The SMILES string of the molecule is Cc1ccc(CNC(=O)CNc2ccc(Cl)c(C(F)(F)F)c2)cc1. The molecule has 3 nitrogen and oxygen atoms in total. The monoisotopic (exact) mass is 356 g/mol. The van der Waals surface area contributed by atoms with E-state index >= 15 is 0 Å². The highest BCUT2D eigenvalue weighted by atomic mass is 35.5. The number of alkyl halides is 3. The summed E-state index contributed by atoms with van der Waals surface area (Å²) in [5, 5.41) is 4.98. The molecule has 2 aromatic rings. The largest absolute Gasteiger partial charge is 0.417 e. The minimum absolute atomic E-state index is 0.134. The van der Waals surface area contributed by atoms with E-state index in [1.54, 1.807) is 0 Å². The number of carbonyl (C=O) groups is 1. The number of hydrogen-bond acceptors (Lipinski definition) is 2. The average molecular weight is 357 g/mol. The molecule has 0 saturated carbocycles. The Morgan fingerprint density at radius 3 is 2.42 bits per heavy atom. The summed E-state index contributed by atoms with van der Waals surface area (Å²) in [4.78, 5) is 11.8. The Labute approximate surface area is 142 Å². The number of amides is 1. The second-order valence-corrected chi connectivity index (χ2v) is 5.72. The maximum absolute atomic E-state index is 12.8. The van der Waals surface area contributed by atoms with Crippen LogP contribution in [0.15, 0.2) is 42.5 Å². The third kappa shape index (κ3) is 5.16. The molecule has 0 unspecified atom stereocenters. The first kappa shape index (κ1) is 18.1. The molecule has 0 radical (unpaired) electrons. The van der Waals surface area contributed by atoms with Crippen molar-refractivity contribution in [1.82, 2.24) is 5.32 Å². The van der Waals surface area contributed by atoms with Gasteiger partial charge in [0.05, 0.1) is 17.1 Å². The number of halogens is 4. The van der Waals surface area contributed by atoms with E-state index in [1.165, 1.54) is 6.07 Å². The highest BCUT2D eigenvalue weighted by molar-refractivity contribution is 6.31. The molecule has 24 heavy (non-hydrogen) atoms. The van der Waals surface area contributed by atoms with Crippen LogP contribution >= 0.6 is 11.6 Å². The molecule has 128 valence electrons. The van der Waals surface area contributed by atoms with Gasteiger partial charge >= 0.3 is 6.18 Å². The van der Waals surface area contributed by atoms with Crippen LogP contribution in [0.5, 0.6) is 0 Å².